The molecule has 7 rings (SSSR count). The second-order valence-electron chi connectivity index (χ2n) is 9.56. The molecule has 180 valence electrons. The van der Waals surface area contributed by atoms with Gasteiger partial charge in [0.25, 0.3) is 0 Å². The van der Waals surface area contributed by atoms with Crippen molar-refractivity contribution < 1.29 is 32.3 Å². The SMILES string of the molecule is O=C(COc1ccc(N2C(=O)[C@@H]3[C@@H]4C=C[C@@H]([C@H]5C[C@@H]45)[C@@H]3C2=O)cc1)c1ccc(Cl)c(C(F)(F)F)c1. The van der Waals surface area contributed by atoms with Crippen LogP contribution in [0.3, 0.4) is 0 Å². The quantitative estimate of drug-likeness (QED) is 0.322. The standard InChI is InChI=1S/C26H19ClF3NO4/c27-20-8-1-12(9-19(20)26(28,29)30)21(32)11-35-14-4-2-13(3-5-14)31-24(33)22-15-6-7-16(18-10-17(15)18)23(22)25(31)34/h1-9,15-18,22-23H,10-11H2/t15-,16+,17+,18-,22-,23+. The second kappa shape index (κ2) is 7.68. The molecule has 0 spiro atoms. The van der Waals surface area contributed by atoms with Crippen LogP contribution in [0.1, 0.15) is 22.3 Å². The van der Waals surface area contributed by atoms with Gasteiger partial charge in [-0.3, -0.25) is 19.3 Å². The summed E-state index contributed by atoms with van der Waals surface area (Å²) >= 11 is 5.60. The van der Waals surface area contributed by atoms with Gasteiger partial charge in [-0.15, -0.1) is 0 Å². The van der Waals surface area contributed by atoms with Crippen molar-refractivity contribution in [2.45, 2.75) is 12.6 Å². The number of nitrogens with zero attached hydrogens (tertiary/aromatic N) is 1. The average Bonchev–Trinajstić information content (AvgIpc) is 3.61. The van der Waals surface area contributed by atoms with Crippen molar-refractivity contribution in [3.8, 4) is 5.75 Å². The van der Waals surface area contributed by atoms with Gasteiger partial charge in [0.1, 0.15) is 5.75 Å². The Morgan fingerprint density at radius 2 is 1.57 bits per heavy atom. The lowest BCUT2D eigenvalue weighted by atomic mass is 9.63. The molecule has 5 nitrogen and oxygen atoms in total. The van der Waals surface area contributed by atoms with Gasteiger partial charge in [0, 0.05) is 5.56 Å². The van der Waals surface area contributed by atoms with Crippen molar-refractivity contribution in [3.05, 3.63) is 70.8 Å². The summed E-state index contributed by atoms with van der Waals surface area (Å²) in [4.78, 5) is 40.0. The van der Waals surface area contributed by atoms with E-state index in [9.17, 15) is 27.6 Å². The van der Waals surface area contributed by atoms with Crippen molar-refractivity contribution in [2.24, 2.45) is 35.5 Å². The molecule has 0 radical (unpaired) electrons. The lowest BCUT2D eigenvalue weighted by Gasteiger charge is -2.37. The predicted molar refractivity (Wildman–Crippen MR) is 120 cm³/mol. The normalized spacial score (nSPS) is 30.3. The van der Waals surface area contributed by atoms with E-state index in [0.29, 0.717) is 23.6 Å². The van der Waals surface area contributed by atoms with Gasteiger partial charge in [0.2, 0.25) is 11.8 Å². The van der Waals surface area contributed by atoms with Crippen molar-refractivity contribution in [3.63, 3.8) is 0 Å². The Morgan fingerprint density at radius 3 is 2.14 bits per heavy atom. The maximum absolute atomic E-state index is 13.2. The smallest absolute Gasteiger partial charge is 0.417 e. The molecule has 9 heteroatoms. The van der Waals surface area contributed by atoms with Crippen LogP contribution in [-0.4, -0.2) is 24.2 Å². The number of carbonyl (C=O) groups excluding carboxylic acids is 3. The number of imide groups is 1. The molecule has 1 saturated heterocycles. The third-order valence-corrected chi connectivity index (χ3v) is 8.05. The summed E-state index contributed by atoms with van der Waals surface area (Å²) in [6, 6.07) is 9.14. The van der Waals surface area contributed by atoms with Gasteiger partial charge in [0.15, 0.2) is 12.4 Å². The number of benzene rings is 2. The molecule has 35 heavy (non-hydrogen) atoms. The van der Waals surface area contributed by atoms with E-state index in [1.54, 1.807) is 12.1 Å². The van der Waals surface area contributed by atoms with E-state index in [4.69, 9.17) is 16.3 Å². The number of rotatable bonds is 5. The summed E-state index contributed by atoms with van der Waals surface area (Å²) in [6.07, 6.45) is 0.637. The van der Waals surface area contributed by atoms with E-state index in [-0.39, 0.29) is 46.8 Å². The first-order chi connectivity index (χ1) is 16.6. The zero-order valence-corrected chi connectivity index (χ0v) is 18.9. The highest BCUT2D eigenvalue weighted by atomic mass is 35.5. The van der Waals surface area contributed by atoms with Gasteiger partial charge >= 0.3 is 6.18 Å². The van der Waals surface area contributed by atoms with Crippen LogP contribution in [0.2, 0.25) is 5.02 Å². The molecule has 5 aliphatic rings. The van der Waals surface area contributed by atoms with E-state index in [1.807, 2.05) is 0 Å². The summed E-state index contributed by atoms with van der Waals surface area (Å²) in [5.41, 5.74) is -0.819. The first-order valence-corrected chi connectivity index (χ1v) is 11.7. The van der Waals surface area contributed by atoms with Crippen LogP contribution in [0.15, 0.2) is 54.6 Å². The fraction of sp³-hybridized carbons (Fsp3) is 0.346. The Kier molecular flexibility index (Phi) is 4.90. The first kappa shape index (κ1) is 22.3. The number of Topliss-reactive ketones (excluding diaryl/α,β-unsaturated/α-hetero) is 1. The second-order valence-corrected chi connectivity index (χ2v) is 9.97. The third-order valence-electron chi connectivity index (χ3n) is 7.72. The number of alkyl halides is 3. The molecule has 0 N–H and O–H groups in total. The average molecular weight is 502 g/mol. The fourth-order valence-electron chi connectivity index (χ4n) is 6.05. The van der Waals surface area contributed by atoms with E-state index in [1.165, 1.54) is 23.1 Å². The number of halogens is 4. The van der Waals surface area contributed by atoms with Crippen LogP contribution >= 0.6 is 11.6 Å². The van der Waals surface area contributed by atoms with Crippen molar-refractivity contribution in [1.82, 2.24) is 0 Å². The molecule has 1 heterocycles. The zero-order valence-electron chi connectivity index (χ0n) is 18.2. The van der Waals surface area contributed by atoms with E-state index < -0.39 is 29.2 Å². The van der Waals surface area contributed by atoms with Crippen molar-refractivity contribution in [1.29, 1.82) is 0 Å². The summed E-state index contributed by atoms with van der Waals surface area (Å²) in [7, 11) is 0. The Bertz CT molecular complexity index is 1250. The number of amides is 2. The lowest BCUT2D eigenvalue weighted by Crippen LogP contribution is -2.40. The number of ketones is 1. The van der Waals surface area contributed by atoms with Gasteiger partial charge in [0.05, 0.1) is 28.1 Å². The summed E-state index contributed by atoms with van der Waals surface area (Å²) in [6.45, 7) is -0.484. The molecule has 2 aromatic rings. The summed E-state index contributed by atoms with van der Waals surface area (Å²) in [5, 5.41) is -0.489. The third kappa shape index (κ3) is 3.49. The molecule has 2 saturated carbocycles. The Balaban J connectivity index is 1.14. The predicted octanol–water partition coefficient (Wildman–Crippen LogP) is 5.18. The molecule has 4 aliphatic carbocycles. The molecular weight excluding hydrogens is 483 g/mol. The molecule has 2 aromatic carbocycles. The molecule has 0 aromatic heterocycles. The Hall–Kier alpha value is -3.13. The van der Waals surface area contributed by atoms with E-state index in [0.717, 1.165) is 12.5 Å². The van der Waals surface area contributed by atoms with Crippen LogP contribution in [0, 0.1) is 35.5 Å². The molecule has 3 fully saturated rings. The zero-order chi connectivity index (χ0) is 24.6. The topological polar surface area (TPSA) is 63.7 Å². The van der Waals surface area contributed by atoms with Crippen molar-refractivity contribution >= 4 is 34.9 Å². The number of anilines is 1. The maximum Gasteiger partial charge on any atom is 0.417 e. The fourth-order valence-corrected chi connectivity index (χ4v) is 6.28. The van der Waals surface area contributed by atoms with Crippen LogP contribution < -0.4 is 9.64 Å². The summed E-state index contributed by atoms with van der Waals surface area (Å²) in [5.74, 6) is 0.0122. The van der Waals surface area contributed by atoms with Crippen LogP contribution in [0.25, 0.3) is 0 Å². The first-order valence-electron chi connectivity index (χ1n) is 11.3. The minimum absolute atomic E-state index is 0.135. The van der Waals surface area contributed by atoms with Crippen LogP contribution in [0.4, 0.5) is 18.9 Å². The number of carbonyl (C=O) groups is 3. The number of hydrogen-bond donors (Lipinski definition) is 0. The molecule has 2 amide bonds. The minimum Gasteiger partial charge on any atom is -0.485 e. The van der Waals surface area contributed by atoms with Gasteiger partial charge < -0.3 is 4.74 Å². The minimum atomic E-state index is -4.68. The molecule has 6 atom stereocenters. The summed E-state index contributed by atoms with van der Waals surface area (Å²) < 4.78 is 44.6. The highest BCUT2D eigenvalue weighted by Gasteiger charge is 2.67. The maximum atomic E-state index is 13.2. The molecule has 2 bridgehead atoms. The van der Waals surface area contributed by atoms with Gasteiger partial charge in [-0.05, 0) is 72.6 Å². The van der Waals surface area contributed by atoms with E-state index >= 15 is 0 Å². The van der Waals surface area contributed by atoms with Crippen molar-refractivity contribution in [2.75, 3.05) is 11.5 Å². The van der Waals surface area contributed by atoms with Crippen LogP contribution in [0.5, 0.6) is 5.75 Å². The van der Waals surface area contributed by atoms with E-state index in [2.05, 4.69) is 12.2 Å². The largest absolute Gasteiger partial charge is 0.485 e. The van der Waals surface area contributed by atoms with Gasteiger partial charge in [-0.1, -0.05) is 23.8 Å². The monoisotopic (exact) mass is 501 g/mol. The molecule has 1 aliphatic heterocycles. The number of ether oxygens (including phenoxy) is 1. The number of hydrogen-bond acceptors (Lipinski definition) is 4. The lowest BCUT2D eigenvalue weighted by molar-refractivity contribution is -0.137. The molecule has 0 unspecified atom stereocenters. The molecular formula is C26H19ClF3NO4. The van der Waals surface area contributed by atoms with Gasteiger partial charge in [-0.2, -0.15) is 13.2 Å². The Morgan fingerprint density at radius 1 is 0.971 bits per heavy atom. The van der Waals surface area contributed by atoms with Gasteiger partial charge in [-0.25, -0.2) is 0 Å². The Labute approximate surface area is 203 Å². The number of allylic oxidation sites excluding steroid dienone is 2. The highest BCUT2D eigenvalue weighted by Crippen LogP contribution is 2.65. The highest BCUT2D eigenvalue weighted by molar-refractivity contribution is 6.31. The van der Waals surface area contributed by atoms with Crippen LogP contribution in [-0.2, 0) is 15.8 Å².